The van der Waals surface area contributed by atoms with Crippen LogP contribution in [0.25, 0.3) is 5.76 Å². The van der Waals surface area contributed by atoms with Crippen LogP contribution in [0.3, 0.4) is 0 Å². The van der Waals surface area contributed by atoms with Gasteiger partial charge in [-0.05, 0) is 49.6 Å². The first-order chi connectivity index (χ1) is 15.9. The van der Waals surface area contributed by atoms with Crippen molar-refractivity contribution in [2.45, 2.75) is 31.9 Å². The van der Waals surface area contributed by atoms with Crippen LogP contribution in [-0.2, 0) is 14.3 Å². The maximum atomic E-state index is 13.1. The lowest BCUT2D eigenvalue weighted by Gasteiger charge is -2.27. The fourth-order valence-corrected chi connectivity index (χ4v) is 4.26. The molecule has 2 aliphatic heterocycles. The highest BCUT2D eigenvalue weighted by molar-refractivity contribution is 6.46. The van der Waals surface area contributed by atoms with Gasteiger partial charge in [0.25, 0.3) is 17.4 Å². The third kappa shape index (κ3) is 4.45. The van der Waals surface area contributed by atoms with Gasteiger partial charge in [0.15, 0.2) is 0 Å². The molecule has 1 amide bonds. The van der Waals surface area contributed by atoms with Gasteiger partial charge in [-0.1, -0.05) is 12.1 Å². The third-order valence-corrected chi connectivity index (χ3v) is 5.80. The van der Waals surface area contributed by atoms with Crippen LogP contribution in [0.1, 0.15) is 36.9 Å². The van der Waals surface area contributed by atoms with Gasteiger partial charge in [-0.3, -0.25) is 19.7 Å². The Bertz CT molecular complexity index is 1100. The van der Waals surface area contributed by atoms with E-state index in [4.69, 9.17) is 9.47 Å². The average Bonchev–Trinajstić information content (AvgIpc) is 3.42. The number of likely N-dealkylation sites (tertiary alicyclic amines) is 1. The molecule has 2 fully saturated rings. The van der Waals surface area contributed by atoms with E-state index in [9.17, 15) is 24.8 Å². The standard InChI is InChI=1S/C24H24N2O7/c1-2-32-18-10-8-15(9-11-18)22(27)20-21(16-5-3-6-17(13-16)26(30)31)25(24(29)23(20)28)14-19-7-4-12-33-19/h3,5-6,8-11,13,19,21,27H,2,4,7,12,14H2,1H3/t19-,21-/m0/s1. The van der Waals surface area contributed by atoms with E-state index in [1.165, 1.54) is 23.1 Å². The van der Waals surface area contributed by atoms with Crippen LogP contribution in [0, 0.1) is 10.1 Å². The summed E-state index contributed by atoms with van der Waals surface area (Å²) < 4.78 is 11.1. The van der Waals surface area contributed by atoms with Crippen molar-refractivity contribution in [2.75, 3.05) is 19.8 Å². The molecule has 2 heterocycles. The monoisotopic (exact) mass is 452 g/mol. The van der Waals surface area contributed by atoms with Gasteiger partial charge >= 0.3 is 0 Å². The Labute approximate surface area is 190 Å². The topological polar surface area (TPSA) is 119 Å². The molecule has 0 unspecified atom stereocenters. The van der Waals surface area contributed by atoms with E-state index in [2.05, 4.69) is 0 Å². The molecule has 0 spiro atoms. The Kier molecular flexibility index (Phi) is 6.41. The zero-order valence-electron chi connectivity index (χ0n) is 18.1. The van der Waals surface area contributed by atoms with Crippen LogP contribution in [0.15, 0.2) is 54.1 Å². The number of aliphatic hydroxyl groups excluding tert-OH is 1. The normalized spacial score (nSPS) is 22.0. The SMILES string of the molecule is CCOc1ccc(C(O)=C2C(=O)C(=O)N(C[C@@H]3CCCO3)[C@H]2c2cccc([N+](=O)[O-])c2)cc1. The van der Waals surface area contributed by atoms with Crippen LogP contribution < -0.4 is 4.74 Å². The Morgan fingerprint density at radius 1 is 1.24 bits per heavy atom. The molecule has 2 aromatic carbocycles. The van der Waals surface area contributed by atoms with Crippen LogP contribution in [-0.4, -0.2) is 52.5 Å². The molecule has 9 heteroatoms. The minimum atomic E-state index is -0.972. The van der Waals surface area contributed by atoms with Crippen molar-refractivity contribution in [3.8, 4) is 5.75 Å². The average molecular weight is 452 g/mol. The molecule has 33 heavy (non-hydrogen) atoms. The minimum absolute atomic E-state index is 0.109. The van der Waals surface area contributed by atoms with E-state index in [-0.39, 0.29) is 29.7 Å². The number of ketones is 1. The van der Waals surface area contributed by atoms with Gasteiger partial charge in [-0.15, -0.1) is 0 Å². The highest BCUT2D eigenvalue weighted by Crippen LogP contribution is 2.41. The molecule has 2 saturated heterocycles. The van der Waals surface area contributed by atoms with Gasteiger partial charge in [-0.25, -0.2) is 0 Å². The second-order valence-corrected chi connectivity index (χ2v) is 7.90. The summed E-state index contributed by atoms with van der Waals surface area (Å²) >= 11 is 0. The third-order valence-electron chi connectivity index (χ3n) is 5.80. The molecule has 0 aromatic heterocycles. The highest BCUT2D eigenvalue weighted by Gasteiger charge is 2.47. The van der Waals surface area contributed by atoms with Gasteiger partial charge in [0.2, 0.25) is 0 Å². The molecule has 0 saturated carbocycles. The second kappa shape index (κ2) is 9.41. The number of rotatable bonds is 7. The van der Waals surface area contributed by atoms with Crippen molar-refractivity contribution in [3.05, 3.63) is 75.3 Å². The lowest BCUT2D eigenvalue weighted by atomic mass is 9.95. The molecule has 0 bridgehead atoms. The summed E-state index contributed by atoms with van der Waals surface area (Å²) in [7, 11) is 0. The molecule has 2 atom stereocenters. The Morgan fingerprint density at radius 3 is 2.64 bits per heavy atom. The van der Waals surface area contributed by atoms with Crippen molar-refractivity contribution in [3.63, 3.8) is 0 Å². The maximum Gasteiger partial charge on any atom is 0.295 e. The quantitative estimate of drug-likeness (QED) is 0.224. The van der Waals surface area contributed by atoms with E-state index in [1.54, 1.807) is 30.3 Å². The van der Waals surface area contributed by atoms with E-state index >= 15 is 0 Å². The molecule has 172 valence electrons. The number of benzene rings is 2. The van der Waals surface area contributed by atoms with Crippen LogP contribution >= 0.6 is 0 Å². The molecular formula is C24H24N2O7. The largest absolute Gasteiger partial charge is 0.507 e. The number of aliphatic hydroxyl groups is 1. The van der Waals surface area contributed by atoms with Gasteiger partial charge in [-0.2, -0.15) is 0 Å². The highest BCUT2D eigenvalue weighted by atomic mass is 16.6. The number of carbonyl (C=O) groups excluding carboxylic acids is 2. The number of ether oxygens (including phenoxy) is 2. The predicted molar refractivity (Wildman–Crippen MR) is 119 cm³/mol. The van der Waals surface area contributed by atoms with Crippen molar-refractivity contribution in [1.82, 2.24) is 4.90 Å². The van der Waals surface area contributed by atoms with E-state index in [0.29, 0.717) is 30.1 Å². The van der Waals surface area contributed by atoms with Crippen molar-refractivity contribution >= 4 is 23.1 Å². The number of nitrogens with zero attached hydrogens (tertiary/aromatic N) is 2. The van der Waals surface area contributed by atoms with Crippen LogP contribution in [0.4, 0.5) is 5.69 Å². The van der Waals surface area contributed by atoms with Gasteiger partial charge < -0.3 is 19.5 Å². The second-order valence-electron chi connectivity index (χ2n) is 7.90. The fourth-order valence-electron chi connectivity index (χ4n) is 4.26. The predicted octanol–water partition coefficient (Wildman–Crippen LogP) is 3.59. The van der Waals surface area contributed by atoms with Crippen molar-refractivity contribution in [1.29, 1.82) is 0 Å². The summed E-state index contributed by atoms with van der Waals surface area (Å²) in [6.45, 7) is 3.05. The number of non-ortho nitro benzene ring substituents is 1. The number of nitro groups is 1. The molecule has 2 aliphatic rings. The molecule has 1 N–H and O–H groups in total. The summed E-state index contributed by atoms with van der Waals surface area (Å²) in [6, 6.07) is 11.3. The first-order valence-corrected chi connectivity index (χ1v) is 10.8. The first kappa shape index (κ1) is 22.5. The Hall–Kier alpha value is -3.72. The number of nitro benzene ring substituents is 1. The smallest absolute Gasteiger partial charge is 0.295 e. The first-order valence-electron chi connectivity index (χ1n) is 10.8. The summed E-state index contributed by atoms with van der Waals surface area (Å²) in [5.74, 6) is -1.35. The van der Waals surface area contributed by atoms with Gasteiger partial charge in [0, 0.05) is 30.8 Å². The molecule has 4 rings (SSSR count). The van der Waals surface area contributed by atoms with Crippen molar-refractivity contribution in [2.24, 2.45) is 0 Å². The van der Waals surface area contributed by atoms with Crippen LogP contribution in [0.5, 0.6) is 5.75 Å². The Morgan fingerprint density at radius 2 is 2.00 bits per heavy atom. The molecule has 0 radical (unpaired) electrons. The lowest BCUT2D eigenvalue weighted by molar-refractivity contribution is -0.384. The lowest BCUT2D eigenvalue weighted by Crippen LogP contribution is -2.36. The summed E-state index contributed by atoms with van der Waals surface area (Å²) in [5.41, 5.74) is 0.428. The molecule has 2 aromatic rings. The van der Waals surface area contributed by atoms with Gasteiger partial charge in [0.05, 0.1) is 29.2 Å². The fraction of sp³-hybridized carbons (Fsp3) is 0.333. The number of carbonyl (C=O) groups is 2. The molecular weight excluding hydrogens is 428 g/mol. The van der Waals surface area contributed by atoms with Gasteiger partial charge in [0.1, 0.15) is 11.5 Å². The number of Topliss-reactive ketones (excluding diaryl/α,β-unsaturated/α-hetero) is 1. The zero-order chi connectivity index (χ0) is 23.5. The minimum Gasteiger partial charge on any atom is -0.507 e. The van der Waals surface area contributed by atoms with E-state index < -0.39 is 22.7 Å². The zero-order valence-corrected chi connectivity index (χ0v) is 18.1. The number of hydrogen-bond donors (Lipinski definition) is 1. The number of hydrogen-bond acceptors (Lipinski definition) is 7. The maximum absolute atomic E-state index is 13.1. The molecule has 0 aliphatic carbocycles. The summed E-state index contributed by atoms with van der Waals surface area (Å²) in [6.07, 6.45) is 1.35. The van der Waals surface area contributed by atoms with Crippen LogP contribution in [0.2, 0.25) is 0 Å². The summed E-state index contributed by atoms with van der Waals surface area (Å²) in [5, 5.41) is 22.4. The van der Waals surface area contributed by atoms with E-state index in [1.807, 2.05) is 6.92 Å². The number of amides is 1. The van der Waals surface area contributed by atoms with E-state index in [0.717, 1.165) is 12.8 Å². The van der Waals surface area contributed by atoms with Crippen molar-refractivity contribution < 1.29 is 29.1 Å². The molecule has 9 nitrogen and oxygen atoms in total. The Balaban J connectivity index is 1.81. The summed E-state index contributed by atoms with van der Waals surface area (Å²) in [4.78, 5) is 38.2.